The molecule has 1 N–H and O–H groups in total. The Hall–Kier alpha value is -3.15. The Balaban J connectivity index is 1.66. The van der Waals surface area contributed by atoms with E-state index in [4.69, 9.17) is 4.74 Å². The van der Waals surface area contributed by atoms with Gasteiger partial charge >= 0.3 is 0 Å². The Kier molecular flexibility index (Phi) is 5.02. The average Bonchev–Trinajstić information content (AvgIpc) is 3.04. The second kappa shape index (κ2) is 7.39. The first-order valence-electron chi connectivity index (χ1n) is 8.34. The van der Waals surface area contributed by atoms with Crippen molar-refractivity contribution in [2.45, 2.75) is 13.3 Å². The van der Waals surface area contributed by atoms with E-state index in [2.05, 4.69) is 5.32 Å². The molecular weight excluding hydrogens is 332 g/mol. The predicted molar refractivity (Wildman–Crippen MR) is 98.5 cm³/mol. The predicted octanol–water partition coefficient (Wildman–Crippen LogP) is 2.89. The molecule has 3 rings (SSSR count). The maximum Gasteiger partial charge on any atom is 0.229 e. The van der Waals surface area contributed by atoms with Crippen molar-refractivity contribution < 1.29 is 19.1 Å². The van der Waals surface area contributed by atoms with Gasteiger partial charge in [0.05, 0.1) is 13.0 Å². The first-order chi connectivity index (χ1) is 12.5. The van der Waals surface area contributed by atoms with E-state index in [0.29, 0.717) is 29.2 Å². The third-order valence-electron chi connectivity index (χ3n) is 4.44. The van der Waals surface area contributed by atoms with Gasteiger partial charge in [-0.05, 0) is 55.5 Å². The summed E-state index contributed by atoms with van der Waals surface area (Å²) in [6.07, 6.45) is 0.163. The van der Waals surface area contributed by atoms with Crippen LogP contribution < -0.4 is 15.0 Å². The number of ether oxygens (including phenoxy) is 1. The smallest absolute Gasteiger partial charge is 0.229 e. The van der Waals surface area contributed by atoms with Gasteiger partial charge in [-0.15, -0.1) is 0 Å². The number of benzene rings is 2. The number of ketones is 1. The van der Waals surface area contributed by atoms with Crippen LogP contribution in [0.15, 0.2) is 48.5 Å². The molecule has 2 aromatic rings. The zero-order valence-electron chi connectivity index (χ0n) is 14.7. The molecule has 2 amide bonds. The summed E-state index contributed by atoms with van der Waals surface area (Å²) in [5.74, 6) is -0.0285. The number of Topliss-reactive ketones (excluding diaryl/α,β-unsaturated/α-hetero) is 1. The van der Waals surface area contributed by atoms with Gasteiger partial charge in [0.15, 0.2) is 5.78 Å². The van der Waals surface area contributed by atoms with E-state index in [-0.39, 0.29) is 24.0 Å². The highest BCUT2D eigenvalue weighted by molar-refractivity contribution is 6.03. The van der Waals surface area contributed by atoms with Crippen LogP contribution in [0.2, 0.25) is 0 Å². The second-order valence-electron chi connectivity index (χ2n) is 6.23. The number of amides is 2. The number of rotatable bonds is 5. The monoisotopic (exact) mass is 352 g/mol. The Morgan fingerprint density at radius 2 is 1.73 bits per heavy atom. The minimum Gasteiger partial charge on any atom is -0.497 e. The van der Waals surface area contributed by atoms with Crippen LogP contribution in [0, 0.1) is 5.92 Å². The van der Waals surface area contributed by atoms with Crippen LogP contribution >= 0.6 is 0 Å². The summed E-state index contributed by atoms with van der Waals surface area (Å²) >= 11 is 0. The minimum absolute atomic E-state index is 0.0268. The molecule has 0 saturated carbocycles. The van der Waals surface area contributed by atoms with Crippen molar-refractivity contribution in [2.24, 2.45) is 5.92 Å². The molecule has 1 heterocycles. The summed E-state index contributed by atoms with van der Waals surface area (Å²) in [6, 6.07) is 13.9. The fraction of sp³-hybridized carbons (Fsp3) is 0.250. The highest BCUT2D eigenvalue weighted by Gasteiger charge is 2.35. The molecule has 1 unspecified atom stereocenters. The maximum absolute atomic E-state index is 12.5. The fourth-order valence-electron chi connectivity index (χ4n) is 2.93. The summed E-state index contributed by atoms with van der Waals surface area (Å²) < 4.78 is 5.09. The van der Waals surface area contributed by atoms with Crippen LogP contribution in [0.5, 0.6) is 5.75 Å². The molecule has 26 heavy (non-hydrogen) atoms. The van der Waals surface area contributed by atoms with E-state index < -0.39 is 5.92 Å². The van der Waals surface area contributed by atoms with E-state index >= 15 is 0 Å². The summed E-state index contributed by atoms with van der Waals surface area (Å²) in [5, 5.41) is 2.83. The zero-order valence-corrected chi connectivity index (χ0v) is 14.7. The molecule has 1 aliphatic heterocycles. The van der Waals surface area contributed by atoms with E-state index in [1.165, 1.54) is 6.92 Å². The van der Waals surface area contributed by atoms with Crippen LogP contribution in [-0.2, 0) is 9.59 Å². The van der Waals surface area contributed by atoms with Crippen molar-refractivity contribution in [3.8, 4) is 5.75 Å². The van der Waals surface area contributed by atoms with Crippen molar-refractivity contribution in [1.29, 1.82) is 0 Å². The molecule has 6 nitrogen and oxygen atoms in total. The van der Waals surface area contributed by atoms with Crippen LogP contribution in [0.3, 0.4) is 0 Å². The van der Waals surface area contributed by atoms with Crippen LogP contribution in [0.1, 0.15) is 23.7 Å². The average molecular weight is 352 g/mol. The number of carbonyl (C=O) groups is 3. The van der Waals surface area contributed by atoms with Crippen molar-refractivity contribution >= 4 is 29.0 Å². The van der Waals surface area contributed by atoms with Gasteiger partial charge in [0.1, 0.15) is 5.75 Å². The van der Waals surface area contributed by atoms with Crippen molar-refractivity contribution in [2.75, 3.05) is 23.9 Å². The largest absolute Gasteiger partial charge is 0.497 e. The molecule has 0 bridgehead atoms. The van der Waals surface area contributed by atoms with Gasteiger partial charge in [0.2, 0.25) is 11.8 Å². The topological polar surface area (TPSA) is 75.7 Å². The minimum atomic E-state index is -0.419. The molecule has 2 aromatic carbocycles. The molecular formula is C20H20N2O4. The molecule has 1 fully saturated rings. The third kappa shape index (κ3) is 3.74. The number of anilines is 2. The quantitative estimate of drug-likeness (QED) is 0.840. The second-order valence-corrected chi connectivity index (χ2v) is 6.23. The first kappa shape index (κ1) is 17.7. The zero-order chi connectivity index (χ0) is 18.7. The summed E-state index contributed by atoms with van der Waals surface area (Å²) in [4.78, 5) is 37.7. The highest BCUT2D eigenvalue weighted by Crippen LogP contribution is 2.26. The lowest BCUT2D eigenvalue weighted by atomic mass is 10.1. The summed E-state index contributed by atoms with van der Waals surface area (Å²) in [5.41, 5.74) is 1.95. The standard InChI is InChI=1S/C20H20N2O4/c1-13(23)14-3-7-17(8-4-14)22-12-15(11-19(22)24)20(25)21-16-5-9-18(26-2)10-6-16/h3-10,15H,11-12H2,1-2H3,(H,21,25). The lowest BCUT2D eigenvalue weighted by Crippen LogP contribution is -2.28. The Morgan fingerprint density at radius 1 is 1.08 bits per heavy atom. The lowest BCUT2D eigenvalue weighted by Gasteiger charge is -2.17. The van der Waals surface area contributed by atoms with E-state index in [1.54, 1.807) is 60.5 Å². The van der Waals surface area contributed by atoms with Gasteiger partial charge in [-0.2, -0.15) is 0 Å². The van der Waals surface area contributed by atoms with Gasteiger partial charge in [-0.25, -0.2) is 0 Å². The van der Waals surface area contributed by atoms with Crippen LogP contribution in [-0.4, -0.2) is 31.3 Å². The number of carbonyl (C=O) groups excluding carboxylic acids is 3. The Bertz CT molecular complexity index is 828. The van der Waals surface area contributed by atoms with Crippen LogP contribution in [0.4, 0.5) is 11.4 Å². The van der Waals surface area contributed by atoms with Crippen LogP contribution in [0.25, 0.3) is 0 Å². The molecule has 1 saturated heterocycles. The van der Waals surface area contributed by atoms with Gasteiger partial charge in [-0.1, -0.05) is 0 Å². The normalized spacial score (nSPS) is 16.5. The fourth-order valence-corrected chi connectivity index (χ4v) is 2.93. The lowest BCUT2D eigenvalue weighted by molar-refractivity contribution is -0.122. The SMILES string of the molecule is COc1ccc(NC(=O)C2CC(=O)N(c3ccc(C(C)=O)cc3)C2)cc1. The number of nitrogens with one attached hydrogen (secondary N) is 1. The van der Waals surface area contributed by atoms with Gasteiger partial charge in [-0.3, -0.25) is 14.4 Å². The number of hydrogen-bond acceptors (Lipinski definition) is 4. The van der Waals surface area contributed by atoms with Gasteiger partial charge in [0, 0.05) is 29.9 Å². The molecule has 1 aliphatic rings. The summed E-state index contributed by atoms with van der Waals surface area (Å²) in [6.45, 7) is 1.82. The number of hydrogen-bond donors (Lipinski definition) is 1. The maximum atomic E-state index is 12.5. The van der Waals surface area contributed by atoms with E-state index in [0.717, 1.165) is 0 Å². The van der Waals surface area contributed by atoms with Crippen molar-refractivity contribution in [1.82, 2.24) is 0 Å². The number of methoxy groups -OCH3 is 1. The van der Waals surface area contributed by atoms with Crippen molar-refractivity contribution in [3.05, 3.63) is 54.1 Å². The van der Waals surface area contributed by atoms with Crippen molar-refractivity contribution in [3.63, 3.8) is 0 Å². The number of nitrogens with zero attached hydrogens (tertiary/aromatic N) is 1. The van der Waals surface area contributed by atoms with Gasteiger partial charge in [0.25, 0.3) is 0 Å². The molecule has 0 aliphatic carbocycles. The first-order valence-corrected chi connectivity index (χ1v) is 8.34. The molecule has 0 spiro atoms. The van der Waals surface area contributed by atoms with Gasteiger partial charge < -0.3 is 15.0 Å². The molecule has 1 atom stereocenters. The Morgan fingerprint density at radius 3 is 2.31 bits per heavy atom. The third-order valence-corrected chi connectivity index (χ3v) is 4.44. The molecule has 0 aromatic heterocycles. The molecule has 134 valence electrons. The van der Waals surface area contributed by atoms with E-state index in [1.807, 2.05) is 0 Å². The molecule has 0 radical (unpaired) electrons. The molecule has 6 heteroatoms. The van der Waals surface area contributed by atoms with E-state index in [9.17, 15) is 14.4 Å². The summed E-state index contributed by atoms with van der Waals surface area (Å²) in [7, 11) is 1.58. The Labute approximate surface area is 151 Å². The highest BCUT2D eigenvalue weighted by atomic mass is 16.5.